The summed E-state index contributed by atoms with van der Waals surface area (Å²) in [7, 11) is 0. The van der Waals surface area contributed by atoms with Gasteiger partial charge in [0.25, 0.3) is 0 Å². The summed E-state index contributed by atoms with van der Waals surface area (Å²) in [5, 5.41) is 15.8. The molecule has 0 amide bonds. The molecule has 5 rings (SSSR count). The maximum absolute atomic E-state index is 11.0. The number of anilines is 1. The van der Waals surface area contributed by atoms with Crippen molar-refractivity contribution in [2.45, 2.75) is 18.4 Å². The van der Waals surface area contributed by atoms with Gasteiger partial charge in [-0.2, -0.15) is 0 Å². The first-order chi connectivity index (χ1) is 13.1. The number of hydrogen-bond donors (Lipinski definition) is 2. The van der Waals surface area contributed by atoms with Gasteiger partial charge in [0.2, 0.25) is 0 Å². The molecule has 3 aromatic rings. The molecule has 1 aliphatic heterocycles. The Kier molecular flexibility index (Phi) is 3.60. The maximum atomic E-state index is 11.0. The van der Waals surface area contributed by atoms with Gasteiger partial charge in [-0.3, -0.25) is 4.99 Å². The molecule has 0 unspecified atom stereocenters. The standard InChI is InChI=1S/C20H14ClN3O2S/c21-14-3-1-2-13-16(14)23-17(24-20(13)8-9-20)18-22-15(10-27-18)11-4-6-12(7-5-11)19(25)26/h1-7,10H,8-9H2,(H,23,24)(H,25,26). The number of fused-ring (bicyclic) bond motifs is 2. The number of carboxylic acids is 1. The van der Waals surface area contributed by atoms with E-state index in [1.165, 1.54) is 11.3 Å². The van der Waals surface area contributed by atoms with Crippen LogP contribution in [0.2, 0.25) is 5.02 Å². The number of halogens is 1. The van der Waals surface area contributed by atoms with Crippen LogP contribution in [0.5, 0.6) is 0 Å². The van der Waals surface area contributed by atoms with Crippen molar-refractivity contribution in [3.63, 3.8) is 0 Å². The normalized spacial score (nSPS) is 16.4. The molecule has 0 saturated heterocycles. The lowest BCUT2D eigenvalue weighted by Gasteiger charge is -2.25. The van der Waals surface area contributed by atoms with Crippen molar-refractivity contribution >= 4 is 40.4 Å². The van der Waals surface area contributed by atoms with Crippen molar-refractivity contribution in [3.05, 3.63) is 69.0 Å². The Labute approximate surface area is 164 Å². The van der Waals surface area contributed by atoms with Crippen LogP contribution in [-0.4, -0.2) is 21.9 Å². The van der Waals surface area contributed by atoms with E-state index in [1.807, 2.05) is 17.5 Å². The Morgan fingerprint density at radius 1 is 1.19 bits per heavy atom. The number of aliphatic imine (C=N–C) groups is 1. The van der Waals surface area contributed by atoms with Gasteiger partial charge >= 0.3 is 5.97 Å². The zero-order valence-corrected chi connectivity index (χ0v) is 15.6. The average molecular weight is 396 g/mol. The van der Waals surface area contributed by atoms with Crippen LogP contribution in [0.15, 0.2) is 52.8 Å². The number of para-hydroxylation sites is 1. The molecule has 2 heterocycles. The summed E-state index contributed by atoms with van der Waals surface area (Å²) in [6.07, 6.45) is 2.03. The largest absolute Gasteiger partial charge is 0.478 e. The van der Waals surface area contributed by atoms with Crippen molar-refractivity contribution in [3.8, 4) is 11.3 Å². The van der Waals surface area contributed by atoms with Crippen LogP contribution in [0.3, 0.4) is 0 Å². The molecule has 7 heteroatoms. The van der Waals surface area contributed by atoms with Gasteiger partial charge in [0, 0.05) is 16.5 Å². The summed E-state index contributed by atoms with van der Waals surface area (Å²) in [5.41, 5.74) is 3.83. The lowest BCUT2D eigenvalue weighted by Crippen LogP contribution is -2.25. The fourth-order valence-corrected chi connectivity index (χ4v) is 4.35. The molecule has 2 N–H and O–H groups in total. The first kappa shape index (κ1) is 16.5. The second-order valence-electron chi connectivity index (χ2n) is 6.70. The maximum Gasteiger partial charge on any atom is 0.335 e. The number of aromatic nitrogens is 1. The Morgan fingerprint density at radius 2 is 1.96 bits per heavy atom. The number of carbonyl (C=O) groups is 1. The van der Waals surface area contributed by atoms with Crippen LogP contribution in [0.4, 0.5) is 5.69 Å². The molecule has 1 saturated carbocycles. The van der Waals surface area contributed by atoms with E-state index in [0.717, 1.165) is 46.2 Å². The molecule has 0 bridgehead atoms. The molecule has 27 heavy (non-hydrogen) atoms. The number of hydrogen-bond acceptors (Lipinski definition) is 5. The third-order valence-electron chi connectivity index (χ3n) is 4.94. The Hall–Kier alpha value is -2.70. The molecule has 2 aliphatic rings. The molecule has 1 spiro atoms. The van der Waals surface area contributed by atoms with Crippen LogP contribution in [0, 0.1) is 0 Å². The van der Waals surface area contributed by atoms with Crippen LogP contribution in [-0.2, 0) is 5.54 Å². The van der Waals surface area contributed by atoms with E-state index in [2.05, 4.69) is 11.4 Å². The van der Waals surface area contributed by atoms with Gasteiger partial charge in [-0.1, -0.05) is 35.9 Å². The highest BCUT2D eigenvalue weighted by Crippen LogP contribution is 2.55. The summed E-state index contributed by atoms with van der Waals surface area (Å²) < 4.78 is 0. The number of carboxylic acid groups (broad SMARTS) is 1. The minimum Gasteiger partial charge on any atom is -0.478 e. The molecular weight excluding hydrogens is 382 g/mol. The van der Waals surface area contributed by atoms with Crippen LogP contribution in [0.25, 0.3) is 11.3 Å². The molecular formula is C20H14ClN3O2S. The van der Waals surface area contributed by atoms with Gasteiger partial charge in [-0.25, -0.2) is 9.78 Å². The fourth-order valence-electron chi connectivity index (χ4n) is 3.36. The quantitative estimate of drug-likeness (QED) is 0.652. The van der Waals surface area contributed by atoms with Gasteiger partial charge in [-0.05, 0) is 31.0 Å². The summed E-state index contributed by atoms with van der Waals surface area (Å²) >= 11 is 7.92. The van der Waals surface area contributed by atoms with E-state index in [-0.39, 0.29) is 11.1 Å². The Morgan fingerprint density at radius 3 is 2.67 bits per heavy atom. The molecule has 134 valence electrons. The summed E-state index contributed by atoms with van der Waals surface area (Å²) in [4.78, 5) is 20.7. The van der Waals surface area contributed by atoms with E-state index < -0.39 is 5.97 Å². The molecule has 1 aliphatic carbocycles. The van der Waals surface area contributed by atoms with Crippen molar-refractivity contribution < 1.29 is 9.90 Å². The summed E-state index contributed by atoms with van der Waals surface area (Å²) in [6, 6.07) is 12.6. The van der Waals surface area contributed by atoms with Gasteiger partial charge in [-0.15, -0.1) is 11.3 Å². The lowest BCUT2D eigenvalue weighted by molar-refractivity contribution is 0.0697. The third-order valence-corrected chi connectivity index (χ3v) is 6.11. The Balaban J connectivity index is 1.49. The number of thiazole rings is 1. The second-order valence-corrected chi connectivity index (χ2v) is 7.97. The van der Waals surface area contributed by atoms with Gasteiger partial charge in [0.1, 0.15) is 0 Å². The second kappa shape index (κ2) is 5.90. The number of aromatic carboxylic acids is 1. The first-order valence-corrected chi connectivity index (χ1v) is 9.77. The summed E-state index contributed by atoms with van der Waals surface area (Å²) in [5.74, 6) is -0.196. The smallest absolute Gasteiger partial charge is 0.335 e. The number of nitrogens with one attached hydrogen (secondary N) is 1. The molecule has 0 atom stereocenters. The van der Waals surface area contributed by atoms with E-state index in [1.54, 1.807) is 24.3 Å². The number of rotatable bonds is 3. The number of amidine groups is 1. The SMILES string of the molecule is O=C(O)c1ccc(-c2csc(C3=NC4(CC4)c4cccc(Cl)c4N3)n2)cc1. The molecule has 1 aromatic heterocycles. The van der Waals surface area contributed by atoms with Crippen molar-refractivity contribution in [1.29, 1.82) is 0 Å². The minimum absolute atomic E-state index is 0.171. The molecule has 5 nitrogen and oxygen atoms in total. The first-order valence-electron chi connectivity index (χ1n) is 8.51. The Bertz CT molecular complexity index is 1100. The summed E-state index contributed by atoms with van der Waals surface area (Å²) in [6.45, 7) is 0. The van der Waals surface area contributed by atoms with Crippen molar-refractivity contribution in [1.82, 2.24) is 4.98 Å². The monoisotopic (exact) mass is 395 g/mol. The molecule has 1 fully saturated rings. The fraction of sp³-hybridized carbons (Fsp3) is 0.150. The highest BCUT2D eigenvalue weighted by atomic mass is 35.5. The zero-order valence-electron chi connectivity index (χ0n) is 14.1. The lowest BCUT2D eigenvalue weighted by atomic mass is 10.0. The minimum atomic E-state index is -0.938. The van der Waals surface area contributed by atoms with Crippen LogP contribution in [0.1, 0.15) is 33.8 Å². The van der Waals surface area contributed by atoms with E-state index in [0.29, 0.717) is 5.02 Å². The van der Waals surface area contributed by atoms with Gasteiger partial charge < -0.3 is 10.4 Å². The van der Waals surface area contributed by atoms with Crippen LogP contribution < -0.4 is 5.32 Å². The number of nitrogens with zero attached hydrogens (tertiary/aromatic N) is 2. The topological polar surface area (TPSA) is 74.6 Å². The van der Waals surface area contributed by atoms with E-state index >= 15 is 0 Å². The molecule has 2 aromatic carbocycles. The predicted molar refractivity (Wildman–Crippen MR) is 107 cm³/mol. The highest BCUT2D eigenvalue weighted by Gasteiger charge is 2.48. The highest BCUT2D eigenvalue weighted by molar-refractivity contribution is 7.12. The van der Waals surface area contributed by atoms with Gasteiger partial charge in [0.15, 0.2) is 10.8 Å². The van der Waals surface area contributed by atoms with E-state index in [9.17, 15) is 4.79 Å². The van der Waals surface area contributed by atoms with Crippen molar-refractivity contribution in [2.24, 2.45) is 4.99 Å². The van der Waals surface area contributed by atoms with Crippen molar-refractivity contribution in [2.75, 3.05) is 5.32 Å². The zero-order chi connectivity index (χ0) is 18.6. The number of benzene rings is 2. The average Bonchev–Trinajstić information content (AvgIpc) is 3.26. The third kappa shape index (κ3) is 2.72. The predicted octanol–water partition coefficient (Wildman–Crippen LogP) is 5.02. The van der Waals surface area contributed by atoms with Gasteiger partial charge in [0.05, 0.1) is 27.5 Å². The van der Waals surface area contributed by atoms with Crippen LogP contribution >= 0.6 is 22.9 Å². The molecule has 0 radical (unpaired) electrons. The van der Waals surface area contributed by atoms with E-state index in [4.69, 9.17) is 26.7 Å².